The van der Waals surface area contributed by atoms with E-state index in [9.17, 15) is 0 Å². The van der Waals surface area contributed by atoms with E-state index in [2.05, 4.69) is 169 Å². The highest BCUT2D eigenvalue weighted by atomic mass is 16.5. The number of rotatable bonds is 10. The van der Waals surface area contributed by atoms with Gasteiger partial charge in [0.25, 0.3) is 0 Å². The lowest BCUT2D eigenvalue weighted by atomic mass is 9.84. The minimum absolute atomic E-state index is 0.308. The summed E-state index contributed by atoms with van der Waals surface area (Å²) in [5.74, 6) is 4.16. The van der Waals surface area contributed by atoms with Gasteiger partial charge in [0.1, 0.15) is 17.3 Å². The largest absolute Gasteiger partial charge is 0.457 e. The second-order valence-electron chi connectivity index (χ2n) is 15.7. The van der Waals surface area contributed by atoms with Crippen molar-refractivity contribution in [2.45, 2.75) is 93.4 Å². The zero-order chi connectivity index (χ0) is 36.8. The van der Waals surface area contributed by atoms with E-state index in [4.69, 9.17) is 14.8 Å². The van der Waals surface area contributed by atoms with Crippen molar-refractivity contribution in [1.82, 2.24) is 19.3 Å². The van der Waals surface area contributed by atoms with Gasteiger partial charge in [-0.15, -0.1) is 0 Å². The summed E-state index contributed by atoms with van der Waals surface area (Å²) < 4.78 is 11.2. The normalized spacial score (nSPS) is 12.0. The van der Waals surface area contributed by atoms with E-state index < -0.39 is 0 Å². The van der Waals surface area contributed by atoms with Gasteiger partial charge >= 0.3 is 0 Å². The zero-order valence-electron chi connectivity index (χ0n) is 32.5. The molecule has 0 saturated carbocycles. The Morgan fingerprint density at radius 1 is 0.635 bits per heavy atom. The highest BCUT2D eigenvalue weighted by molar-refractivity contribution is 6.09. The molecule has 5 heteroatoms. The lowest BCUT2D eigenvalue weighted by Gasteiger charge is -2.20. The first-order valence-corrected chi connectivity index (χ1v) is 18.9. The fraction of sp³-hybridized carbons (Fsp3) is 0.319. The van der Waals surface area contributed by atoms with Gasteiger partial charge in [-0.05, 0) is 114 Å². The molecule has 0 fully saturated rings. The topological polar surface area (TPSA) is 44.9 Å². The molecule has 5 nitrogen and oxygen atoms in total. The molecule has 0 spiro atoms. The molecule has 7 rings (SSSR count). The number of aryl methyl sites for hydroxylation is 1. The maximum absolute atomic E-state index is 6.79. The Balaban J connectivity index is 1.34. The van der Waals surface area contributed by atoms with Gasteiger partial charge in [0.2, 0.25) is 0 Å². The molecular weight excluding hydrogens is 637 g/mol. The monoisotopic (exact) mass is 688 g/mol. The van der Waals surface area contributed by atoms with Crippen LogP contribution in [-0.4, -0.2) is 19.3 Å². The maximum Gasteiger partial charge on any atom is 0.137 e. The van der Waals surface area contributed by atoms with Crippen molar-refractivity contribution in [1.29, 1.82) is 0 Å². The van der Waals surface area contributed by atoms with Crippen LogP contribution < -0.4 is 4.74 Å². The third kappa shape index (κ3) is 6.53. The Morgan fingerprint density at radius 3 is 2.04 bits per heavy atom. The van der Waals surface area contributed by atoms with Gasteiger partial charge in [-0.25, -0.2) is 9.67 Å². The molecule has 0 radical (unpaired) electrons. The van der Waals surface area contributed by atoms with Gasteiger partial charge in [-0.3, -0.25) is 4.57 Å². The van der Waals surface area contributed by atoms with Crippen molar-refractivity contribution >= 4 is 21.8 Å². The van der Waals surface area contributed by atoms with Crippen LogP contribution in [0.1, 0.15) is 107 Å². The van der Waals surface area contributed by atoms with Crippen molar-refractivity contribution in [3.63, 3.8) is 0 Å². The second kappa shape index (κ2) is 14.1. The number of hydrogen-bond acceptors (Lipinski definition) is 3. The first-order valence-electron chi connectivity index (χ1n) is 18.9. The van der Waals surface area contributed by atoms with Crippen LogP contribution in [0.2, 0.25) is 0 Å². The van der Waals surface area contributed by atoms with Crippen molar-refractivity contribution < 1.29 is 4.74 Å². The van der Waals surface area contributed by atoms with E-state index in [0.29, 0.717) is 23.7 Å². The molecule has 0 unspecified atom stereocenters. The predicted octanol–water partition coefficient (Wildman–Crippen LogP) is 13.0. The molecule has 0 amide bonds. The Labute approximate surface area is 309 Å². The first kappa shape index (κ1) is 35.3. The van der Waals surface area contributed by atoms with E-state index in [1.807, 2.05) is 6.20 Å². The molecule has 266 valence electrons. The Bertz CT molecular complexity index is 2380. The summed E-state index contributed by atoms with van der Waals surface area (Å²) in [6.45, 7) is 22.5. The van der Waals surface area contributed by atoms with E-state index in [1.165, 1.54) is 44.2 Å². The van der Waals surface area contributed by atoms with Gasteiger partial charge in [0, 0.05) is 40.4 Å². The number of ether oxygens (including phenoxy) is 1. The molecule has 7 aromatic rings. The molecule has 3 heterocycles. The molecular formula is C47H52N4O. The highest BCUT2D eigenvalue weighted by Crippen LogP contribution is 2.41. The third-order valence-corrected chi connectivity index (χ3v) is 10.3. The lowest BCUT2D eigenvalue weighted by molar-refractivity contribution is 0.481. The fourth-order valence-corrected chi connectivity index (χ4v) is 7.79. The van der Waals surface area contributed by atoms with Crippen molar-refractivity contribution in [3.05, 3.63) is 131 Å². The summed E-state index contributed by atoms with van der Waals surface area (Å²) in [5.41, 5.74) is 13.2. The average molecular weight is 689 g/mol. The molecule has 0 aliphatic carbocycles. The van der Waals surface area contributed by atoms with Crippen LogP contribution in [0, 0.1) is 19.8 Å². The van der Waals surface area contributed by atoms with Crippen molar-refractivity contribution in [2.24, 2.45) is 5.92 Å². The van der Waals surface area contributed by atoms with Crippen LogP contribution >= 0.6 is 0 Å². The molecule has 3 aromatic heterocycles. The number of aromatic nitrogens is 4. The van der Waals surface area contributed by atoms with Gasteiger partial charge < -0.3 is 4.74 Å². The van der Waals surface area contributed by atoms with Gasteiger partial charge in [-0.1, -0.05) is 91.8 Å². The standard InChI is InChI=1S/C47H52N4O/c1-28(2)22-34-20-21-48-45(23-34)50-43-17-12-11-14-41(43)42-19-18-37(27-44(42)50)52-38-25-35(29(3)4)24-36(26-38)51-33(10)46(32(9)49-51)47-39(30(5)6)15-13-16-40(47)31(7)8/h11-21,23-31H,22H2,1-10H3. The number of benzene rings is 4. The number of hydrogen-bond donors (Lipinski definition) is 0. The van der Waals surface area contributed by atoms with Gasteiger partial charge in [-0.2, -0.15) is 5.10 Å². The summed E-state index contributed by atoms with van der Waals surface area (Å²) in [5, 5.41) is 7.56. The number of fused-ring (bicyclic) bond motifs is 3. The summed E-state index contributed by atoms with van der Waals surface area (Å²) in [7, 11) is 0. The summed E-state index contributed by atoms with van der Waals surface area (Å²) in [6.07, 6.45) is 2.94. The van der Waals surface area contributed by atoms with Crippen molar-refractivity contribution in [2.75, 3.05) is 0 Å². The fourth-order valence-electron chi connectivity index (χ4n) is 7.79. The van der Waals surface area contributed by atoms with Crippen LogP contribution in [0.15, 0.2) is 97.2 Å². The maximum atomic E-state index is 6.79. The SMILES string of the molecule is Cc1nn(-c2cc(Oc3ccc4c5ccccc5n(-c5cc(CC(C)C)ccn5)c4c3)cc(C(C)C)c2)c(C)c1-c1c(C(C)C)cccc1C(C)C. The number of nitrogens with zero attached hydrogens (tertiary/aromatic N) is 4. The van der Waals surface area contributed by atoms with E-state index in [-0.39, 0.29) is 0 Å². The van der Waals surface area contributed by atoms with Gasteiger partial charge in [0.15, 0.2) is 0 Å². The quantitative estimate of drug-likeness (QED) is 0.144. The molecule has 0 atom stereocenters. The Kier molecular flexibility index (Phi) is 9.56. The smallest absolute Gasteiger partial charge is 0.137 e. The van der Waals surface area contributed by atoms with Crippen molar-refractivity contribution in [3.8, 4) is 34.1 Å². The number of pyridine rings is 1. The Morgan fingerprint density at radius 2 is 1.35 bits per heavy atom. The lowest BCUT2D eigenvalue weighted by Crippen LogP contribution is -2.03. The zero-order valence-corrected chi connectivity index (χ0v) is 32.5. The average Bonchev–Trinajstić information content (AvgIpc) is 3.59. The third-order valence-electron chi connectivity index (χ3n) is 10.3. The molecule has 52 heavy (non-hydrogen) atoms. The molecule has 0 aliphatic rings. The van der Waals surface area contributed by atoms with Crippen LogP contribution in [-0.2, 0) is 6.42 Å². The number of para-hydroxylation sites is 1. The summed E-state index contributed by atoms with van der Waals surface area (Å²) in [6, 6.07) is 32.7. The first-order chi connectivity index (χ1) is 24.9. The van der Waals surface area contributed by atoms with Crippen LogP contribution in [0.4, 0.5) is 0 Å². The molecule has 0 saturated heterocycles. The molecule has 0 aliphatic heterocycles. The summed E-state index contributed by atoms with van der Waals surface area (Å²) in [4.78, 5) is 4.86. The minimum atomic E-state index is 0.308. The van der Waals surface area contributed by atoms with Crippen LogP contribution in [0.5, 0.6) is 11.5 Å². The van der Waals surface area contributed by atoms with E-state index in [0.717, 1.165) is 51.8 Å². The van der Waals surface area contributed by atoms with Crippen LogP contribution in [0.25, 0.3) is 44.4 Å². The van der Waals surface area contributed by atoms with Gasteiger partial charge in [0.05, 0.1) is 22.4 Å². The van der Waals surface area contributed by atoms with E-state index >= 15 is 0 Å². The highest BCUT2D eigenvalue weighted by Gasteiger charge is 2.23. The Hall–Kier alpha value is -5.16. The minimum Gasteiger partial charge on any atom is -0.457 e. The molecule has 0 bridgehead atoms. The van der Waals surface area contributed by atoms with Crippen LogP contribution in [0.3, 0.4) is 0 Å². The predicted molar refractivity (Wildman–Crippen MR) is 218 cm³/mol. The second-order valence-corrected chi connectivity index (χ2v) is 15.7. The summed E-state index contributed by atoms with van der Waals surface area (Å²) >= 11 is 0. The van der Waals surface area contributed by atoms with E-state index in [1.54, 1.807) is 0 Å². The molecule has 0 N–H and O–H groups in total. The molecule has 4 aromatic carbocycles.